The van der Waals surface area contributed by atoms with Crippen molar-refractivity contribution in [2.24, 2.45) is 0 Å². The first kappa shape index (κ1) is 12.2. The maximum absolute atomic E-state index is 5.93. The third-order valence-electron chi connectivity index (χ3n) is 1.87. The molecule has 2 aromatic rings. The van der Waals surface area contributed by atoms with Crippen molar-refractivity contribution in [2.45, 2.75) is 5.16 Å². The molecule has 1 heterocycles. The average molecular weight is 285 g/mol. The van der Waals surface area contributed by atoms with Gasteiger partial charge in [-0.3, -0.25) is 0 Å². The molecule has 0 aliphatic carbocycles. The molecule has 17 heavy (non-hydrogen) atoms. The lowest BCUT2D eigenvalue weighted by Gasteiger charge is -2.04. The first-order valence-corrected chi connectivity index (χ1v) is 6.26. The third kappa shape index (κ3) is 2.72. The molecular weight excluding hydrogens is 279 g/mol. The average Bonchev–Trinajstić information content (AvgIpc) is 2.78. The van der Waals surface area contributed by atoms with Crippen molar-refractivity contribution >= 4 is 35.0 Å². The van der Waals surface area contributed by atoms with Crippen LogP contribution in [0.25, 0.3) is 5.69 Å². The smallest absolute Gasteiger partial charge is 0.187 e. The van der Waals surface area contributed by atoms with E-state index in [0.29, 0.717) is 21.0 Å². The van der Waals surface area contributed by atoms with Gasteiger partial charge in [-0.2, -0.15) is 4.68 Å². The third-order valence-corrected chi connectivity index (χ3v) is 3.44. The van der Waals surface area contributed by atoms with Crippen LogP contribution in [0.15, 0.2) is 23.4 Å². The van der Waals surface area contributed by atoms with Crippen molar-refractivity contribution in [1.29, 1.82) is 0 Å². The van der Waals surface area contributed by atoms with Crippen LogP contribution in [0.4, 0.5) is 0 Å². The molecule has 0 saturated carbocycles. The Hall–Kier alpha value is -1.22. The van der Waals surface area contributed by atoms with Gasteiger partial charge in [0.1, 0.15) is 0 Å². The van der Waals surface area contributed by atoms with Gasteiger partial charge in [0.15, 0.2) is 0 Å². The largest absolute Gasteiger partial charge is 0.215 e. The van der Waals surface area contributed by atoms with E-state index in [9.17, 15) is 0 Å². The van der Waals surface area contributed by atoms with Crippen molar-refractivity contribution < 1.29 is 0 Å². The fraction of sp³-hybridized carbons (Fsp3) is 0.100. The van der Waals surface area contributed by atoms with Gasteiger partial charge in [0.05, 0.1) is 21.5 Å². The summed E-state index contributed by atoms with van der Waals surface area (Å²) in [7, 11) is 0. The fourth-order valence-corrected chi connectivity index (χ4v) is 2.02. The molecule has 0 unspecified atom stereocenters. The van der Waals surface area contributed by atoms with Gasteiger partial charge in [0.25, 0.3) is 0 Å². The lowest BCUT2D eigenvalue weighted by molar-refractivity contribution is 0.757. The number of thioether (sulfide) groups is 1. The van der Waals surface area contributed by atoms with Crippen LogP contribution in [0.5, 0.6) is 0 Å². The number of tetrazole rings is 1. The number of hydrogen-bond donors (Lipinski definition) is 0. The van der Waals surface area contributed by atoms with Crippen LogP contribution < -0.4 is 0 Å². The van der Waals surface area contributed by atoms with Gasteiger partial charge >= 0.3 is 0 Å². The molecule has 2 rings (SSSR count). The SMILES string of the molecule is C#CCSc1nnnn1-c1ccc(Cl)c(Cl)c1. The molecule has 0 radical (unpaired) electrons. The van der Waals surface area contributed by atoms with Crippen LogP contribution in [0.1, 0.15) is 0 Å². The standard InChI is InChI=1S/C10H6Cl2N4S/c1-2-5-17-10-13-14-15-16(10)7-3-4-8(11)9(12)6-7/h1,3-4,6H,5H2. The molecule has 86 valence electrons. The van der Waals surface area contributed by atoms with E-state index < -0.39 is 0 Å². The molecule has 0 amide bonds. The molecule has 0 saturated heterocycles. The minimum Gasteiger partial charge on any atom is -0.187 e. The summed E-state index contributed by atoms with van der Waals surface area (Å²) in [6.07, 6.45) is 5.19. The maximum Gasteiger partial charge on any atom is 0.215 e. The number of rotatable bonds is 3. The molecule has 0 N–H and O–H groups in total. The van der Waals surface area contributed by atoms with Crippen molar-refractivity contribution in [1.82, 2.24) is 20.2 Å². The predicted octanol–water partition coefficient (Wildman–Crippen LogP) is 2.69. The Bertz CT molecular complexity index is 576. The van der Waals surface area contributed by atoms with E-state index in [-0.39, 0.29) is 0 Å². The van der Waals surface area contributed by atoms with E-state index in [1.165, 1.54) is 11.8 Å². The second-order valence-electron chi connectivity index (χ2n) is 2.96. The van der Waals surface area contributed by atoms with Gasteiger partial charge in [0, 0.05) is 0 Å². The zero-order valence-corrected chi connectivity index (χ0v) is 10.8. The second kappa shape index (κ2) is 5.41. The van der Waals surface area contributed by atoms with Crippen molar-refractivity contribution in [3.63, 3.8) is 0 Å². The summed E-state index contributed by atoms with van der Waals surface area (Å²) >= 11 is 13.1. The minimum atomic E-state index is 0.451. The molecule has 7 heteroatoms. The summed E-state index contributed by atoms with van der Waals surface area (Å²) in [4.78, 5) is 0. The normalized spacial score (nSPS) is 10.2. The van der Waals surface area contributed by atoms with Gasteiger partial charge in [-0.15, -0.1) is 11.5 Å². The van der Waals surface area contributed by atoms with Crippen LogP contribution >= 0.6 is 35.0 Å². The molecule has 4 nitrogen and oxygen atoms in total. The molecule has 1 aromatic heterocycles. The van der Waals surface area contributed by atoms with Crippen molar-refractivity contribution in [3.8, 4) is 18.0 Å². The van der Waals surface area contributed by atoms with Crippen LogP contribution in [0, 0.1) is 12.3 Å². The van der Waals surface area contributed by atoms with Crippen molar-refractivity contribution in [3.05, 3.63) is 28.2 Å². The topological polar surface area (TPSA) is 43.6 Å². The molecule has 0 fully saturated rings. The van der Waals surface area contributed by atoms with E-state index in [4.69, 9.17) is 29.6 Å². The predicted molar refractivity (Wildman–Crippen MR) is 68.7 cm³/mol. The van der Waals surface area contributed by atoms with Crippen LogP contribution in [0.3, 0.4) is 0 Å². The quantitative estimate of drug-likeness (QED) is 0.642. The number of aromatic nitrogens is 4. The Morgan fingerprint density at radius 2 is 2.18 bits per heavy atom. The number of halogens is 2. The highest BCUT2D eigenvalue weighted by molar-refractivity contribution is 7.99. The summed E-state index contributed by atoms with van der Waals surface area (Å²) in [5, 5.41) is 12.9. The lowest BCUT2D eigenvalue weighted by atomic mass is 10.3. The summed E-state index contributed by atoms with van der Waals surface area (Å²) in [5.74, 6) is 3.01. The van der Waals surface area contributed by atoms with Crippen LogP contribution in [-0.4, -0.2) is 26.0 Å². The molecule has 0 spiro atoms. The van der Waals surface area contributed by atoms with Crippen LogP contribution in [-0.2, 0) is 0 Å². The Balaban J connectivity index is 2.36. The number of nitrogens with zero attached hydrogens (tertiary/aromatic N) is 4. The number of hydrogen-bond acceptors (Lipinski definition) is 4. The summed E-state index contributed by atoms with van der Waals surface area (Å²) in [6.45, 7) is 0. The first-order chi connectivity index (χ1) is 8.22. The molecule has 1 aromatic carbocycles. The first-order valence-electron chi connectivity index (χ1n) is 4.52. The van der Waals surface area contributed by atoms with Gasteiger partial charge in [-0.25, -0.2) is 0 Å². The van der Waals surface area contributed by atoms with E-state index in [1.54, 1.807) is 22.9 Å². The lowest BCUT2D eigenvalue weighted by Crippen LogP contribution is -1.99. The van der Waals surface area contributed by atoms with E-state index >= 15 is 0 Å². The van der Waals surface area contributed by atoms with Gasteiger partial charge in [-0.1, -0.05) is 40.9 Å². The Kier molecular flexibility index (Phi) is 3.89. The van der Waals surface area contributed by atoms with E-state index in [1.807, 2.05) is 0 Å². The van der Waals surface area contributed by atoms with E-state index in [0.717, 1.165) is 5.69 Å². The van der Waals surface area contributed by atoms with Gasteiger partial charge < -0.3 is 0 Å². The van der Waals surface area contributed by atoms with Gasteiger partial charge in [0.2, 0.25) is 5.16 Å². The van der Waals surface area contributed by atoms with Gasteiger partial charge in [-0.05, 0) is 28.6 Å². The molecule has 0 aliphatic rings. The monoisotopic (exact) mass is 284 g/mol. The Morgan fingerprint density at radius 1 is 1.35 bits per heavy atom. The highest BCUT2D eigenvalue weighted by atomic mass is 35.5. The second-order valence-corrected chi connectivity index (χ2v) is 4.72. The Labute approximate surface area is 112 Å². The molecule has 0 bridgehead atoms. The maximum atomic E-state index is 5.93. The number of benzene rings is 1. The van der Waals surface area contributed by atoms with Crippen molar-refractivity contribution in [2.75, 3.05) is 5.75 Å². The molecule has 0 atom stereocenters. The minimum absolute atomic E-state index is 0.451. The Morgan fingerprint density at radius 3 is 2.88 bits per heavy atom. The fourth-order valence-electron chi connectivity index (χ4n) is 1.15. The molecular formula is C10H6Cl2N4S. The highest BCUT2D eigenvalue weighted by Gasteiger charge is 2.09. The zero-order chi connectivity index (χ0) is 12.3. The van der Waals surface area contributed by atoms with E-state index in [2.05, 4.69) is 21.4 Å². The zero-order valence-electron chi connectivity index (χ0n) is 8.47. The summed E-state index contributed by atoms with van der Waals surface area (Å²) in [5.41, 5.74) is 0.740. The molecule has 0 aliphatic heterocycles. The number of terminal acetylenes is 1. The van der Waals surface area contributed by atoms with Crippen LogP contribution in [0.2, 0.25) is 10.0 Å². The summed E-state index contributed by atoms with van der Waals surface area (Å²) < 4.78 is 1.56. The highest BCUT2D eigenvalue weighted by Crippen LogP contribution is 2.25. The summed E-state index contributed by atoms with van der Waals surface area (Å²) in [6, 6.07) is 5.17.